The highest BCUT2D eigenvalue weighted by Crippen LogP contribution is 2.38. The highest BCUT2D eigenvalue weighted by molar-refractivity contribution is 7.83. The average Bonchev–Trinajstić information content (AvgIpc) is 3.21. The fourth-order valence-electron chi connectivity index (χ4n) is 6.37. The standard InChI is InChI=1S/C36H51ClN4O5S/c1-8-12-26-21-28(37)14-16-30(26)27-23-40-20-18-25(9-2)32(46-35(43)39(6)7)13-11-19-41(10-3)36(4,5)34(42)38-47(44)29-15-17-33(45-24-27)31(40)22-29/h11,13-17,21-22,25,27,32H,8-10,12,18-20,23-24H2,1-7H3,(H,38,42)/b13-11+. The maximum atomic E-state index is 13.6. The van der Waals surface area contributed by atoms with Crippen molar-refractivity contribution in [3.63, 3.8) is 0 Å². The quantitative estimate of drug-likeness (QED) is 0.344. The number of aryl methyl sites for hydroxylation is 1. The predicted molar refractivity (Wildman–Crippen MR) is 190 cm³/mol. The molecular formula is C36H51ClN4O5S. The highest BCUT2D eigenvalue weighted by atomic mass is 35.5. The molecule has 1 N–H and O–H groups in total. The summed E-state index contributed by atoms with van der Waals surface area (Å²) < 4.78 is 28.9. The Kier molecular flexibility index (Phi) is 12.8. The van der Waals surface area contributed by atoms with E-state index < -0.39 is 28.7 Å². The fraction of sp³-hybridized carbons (Fsp3) is 0.556. The van der Waals surface area contributed by atoms with E-state index in [1.54, 1.807) is 20.2 Å². The molecule has 11 heteroatoms. The summed E-state index contributed by atoms with van der Waals surface area (Å²) in [5.74, 6) is 0.454. The average molecular weight is 687 g/mol. The summed E-state index contributed by atoms with van der Waals surface area (Å²) in [4.78, 5) is 32.6. The van der Waals surface area contributed by atoms with E-state index in [9.17, 15) is 13.8 Å². The van der Waals surface area contributed by atoms with Gasteiger partial charge in [-0.3, -0.25) is 14.4 Å². The molecule has 2 amide bonds. The van der Waals surface area contributed by atoms with Gasteiger partial charge in [0.2, 0.25) is 0 Å². The van der Waals surface area contributed by atoms with E-state index in [2.05, 4.69) is 35.6 Å². The third-order valence-corrected chi connectivity index (χ3v) is 10.6. The number of nitrogens with one attached hydrogen (secondary N) is 1. The molecule has 0 fully saturated rings. The van der Waals surface area contributed by atoms with Crippen LogP contribution >= 0.6 is 11.6 Å². The molecule has 2 aromatic carbocycles. The number of carbonyl (C=O) groups excluding carboxylic acids is 2. The SMILES string of the molecule is CCCc1cc(Cl)ccc1C1COc2ccc3cc2N(CCC(CC)C(OC(=O)N(C)C)/C=C/CN(CC)C(C)(C)C(=O)NS3=O)C1. The van der Waals surface area contributed by atoms with Gasteiger partial charge in [0.05, 0.1) is 22.7 Å². The smallest absolute Gasteiger partial charge is 0.409 e. The van der Waals surface area contributed by atoms with E-state index in [0.29, 0.717) is 43.4 Å². The van der Waals surface area contributed by atoms with E-state index in [-0.39, 0.29) is 17.7 Å². The van der Waals surface area contributed by atoms with Crippen molar-refractivity contribution in [2.75, 3.05) is 51.8 Å². The number of halogens is 1. The van der Waals surface area contributed by atoms with Crippen molar-refractivity contribution in [2.24, 2.45) is 5.92 Å². The number of anilines is 1. The van der Waals surface area contributed by atoms with Crippen molar-refractivity contribution >= 4 is 40.3 Å². The predicted octanol–water partition coefficient (Wildman–Crippen LogP) is 6.57. The van der Waals surface area contributed by atoms with Crippen LogP contribution in [0, 0.1) is 5.92 Å². The Morgan fingerprint density at radius 1 is 1.17 bits per heavy atom. The Bertz CT molecular complexity index is 1460. The van der Waals surface area contributed by atoms with Crippen LogP contribution in [0.2, 0.25) is 5.02 Å². The monoisotopic (exact) mass is 686 g/mol. The molecule has 2 aliphatic heterocycles. The first-order chi connectivity index (χ1) is 22.4. The minimum Gasteiger partial charge on any atom is -0.491 e. The van der Waals surface area contributed by atoms with Gasteiger partial charge < -0.3 is 19.3 Å². The molecule has 0 aliphatic carbocycles. The largest absolute Gasteiger partial charge is 0.491 e. The normalized spacial score (nSPS) is 24.4. The maximum Gasteiger partial charge on any atom is 0.409 e. The van der Waals surface area contributed by atoms with Crippen LogP contribution < -0.4 is 14.4 Å². The summed E-state index contributed by atoms with van der Waals surface area (Å²) in [6, 6.07) is 11.6. The van der Waals surface area contributed by atoms with Gasteiger partial charge in [0.1, 0.15) is 11.9 Å². The zero-order chi connectivity index (χ0) is 34.3. The molecule has 4 rings (SSSR count). The molecule has 0 saturated carbocycles. The highest BCUT2D eigenvalue weighted by Gasteiger charge is 2.35. The Morgan fingerprint density at radius 2 is 1.94 bits per heavy atom. The Morgan fingerprint density at radius 3 is 2.62 bits per heavy atom. The number of carbonyl (C=O) groups is 2. The second-order valence-corrected chi connectivity index (χ2v) is 14.8. The van der Waals surface area contributed by atoms with Crippen LogP contribution in [0.25, 0.3) is 0 Å². The number of rotatable bonds is 6. The zero-order valence-electron chi connectivity index (χ0n) is 28.9. The van der Waals surface area contributed by atoms with Gasteiger partial charge in [-0.2, -0.15) is 0 Å². The van der Waals surface area contributed by atoms with Gasteiger partial charge in [-0.15, -0.1) is 0 Å². The molecule has 4 atom stereocenters. The van der Waals surface area contributed by atoms with E-state index >= 15 is 0 Å². The number of hydrogen-bond donors (Lipinski definition) is 1. The van der Waals surface area contributed by atoms with Crippen LogP contribution in [0.1, 0.15) is 70.9 Å². The molecule has 0 saturated heterocycles. The van der Waals surface area contributed by atoms with Crippen molar-refractivity contribution in [3.05, 3.63) is 64.7 Å². The molecule has 4 unspecified atom stereocenters. The number of benzene rings is 2. The second kappa shape index (κ2) is 16.3. The summed E-state index contributed by atoms with van der Waals surface area (Å²) in [7, 11) is 1.59. The van der Waals surface area contributed by atoms with E-state index in [4.69, 9.17) is 21.1 Å². The van der Waals surface area contributed by atoms with Crippen molar-refractivity contribution < 1.29 is 23.3 Å². The van der Waals surface area contributed by atoms with Gasteiger partial charge in [0, 0.05) is 50.6 Å². The van der Waals surface area contributed by atoms with Gasteiger partial charge >= 0.3 is 6.09 Å². The van der Waals surface area contributed by atoms with Crippen molar-refractivity contribution in [2.45, 2.75) is 82.8 Å². The molecule has 9 nitrogen and oxygen atoms in total. The maximum absolute atomic E-state index is 13.6. The van der Waals surface area contributed by atoms with Crippen LogP contribution in [0.4, 0.5) is 10.5 Å². The molecule has 0 radical (unpaired) electrons. The van der Waals surface area contributed by atoms with Gasteiger partial charge in [-0.05, 0) is 87.2 Å². The molecule has 0 aromatic heterocycles. The van der Waals surface area contributed by atoms with Crippen LogP contribution in [0.5, 0.6) is 5.75 Å². The lowest BCUT2D eigenvalue weighted by Gasteiger charge is -2.36. The number of hydrogen-bond acceptors (Lipinski definition) is 7. The summed E-state index contributed by atoms with van der Waals surface area (Å²) in [5, 5.41) is 0.719. The van der Waals surface area contributed by atoms with E-state index in [0.717, 1.165) is 36.4 Å². The number of likely N-dealkylation sites (N-methyl/N-ethyl adjacent to an activating group) is 1. The number of amides is 2. The summed E-state index contributed by atoms with van der Waals surface area (Å²) in [5.41, 5.74) is 2.30. The first-order valence-electron chi connectivity index (χ1n) is 16.7. The lowest BCUT2D eigenvalue weighted by Crippen LogP contribution is -2.55. The minimum absolute atomic E-state index is 0.0315. The summed E-state index contributed by atoms with van der Waals surface area (Å²) >= 11 is 6.42. The Labute approximate surface area is 288 Å². The number of ether oxygens (including phenoxy) is 2. The van der Waals surface area contributed by atoms with Crippen molar-refractivity contribution in [1.82, 2.24) is 14.5 Å². The molecular weight excluding hydrogens is 636 g/mol. The zero-order valence-corrected chi connectivity index (χ0v) is 30.5. The third-order valence-electron chi connectivity index (χ3n) is 9.36. The third kappa shape index (κ3) is 8.89. The molecule has 0 spiro atoms. The lowest BCUT2D eigenvalue weighted by atomic mass is 9.91. The van der Waals surface area contributed by atoms with Gasteiger partial charge in [-0.1, -0.05) is 50.9 Å². The molecule has 47 heavy (non-hydrogen) atoms. The first-order valence-corrected chi connectivity index (χ1v) is 18.2. The van der Waals surface area contributed by atoms with Crippen molar-refractivity contribution in [3.8, 4) is 5.75 Å². The summed E-state index contributed by atoms with van der Waals surface area (Å²) in [6.07, 6.45) is 6.53. The number of nitrogens with zero attached hydrogens (tertiary/aromatic N) is 3. The topological polar surface area (TPSA) is 91.4 Å². The molecule has 2 aromatic rings. The minimum atomic E-state index is -1.78. The first kappa shape index (κ1) is 36.8. The molecule has 2 aliphatic rings. The van der Waals surface area contributed by atoms with E-state index in [1.165, 1.54) is 16.0 Å². The lowest BCUT2D eigenvalue weighted by molar-refractivity contribution is -0.129. The van der Waals surface area contributed by atoms with Crippen LogP contribution in [-0.2, 0) is 26.9 Å². The van der Waals surface area contributed by atoms with Gasteiger partial charge in [0.15, 0.2) is 11.0 Å². The molecule has 2 heterocycles. The van der Waals surface area contributed by atoms with Crippen LogP contribution in [0.15, 0.2) is 53.4 Å². The van der Waals surface area contributed by atoms with Crippen LogP contribution in [-0.4, -0.2) is 84.5 Å². The fourth-order valence-corrected chi connectivity index (χ4v) is 7.51. The second-order valence-electron chi connectivity index (χ2n) is 13.1. The molecule has 2 bridgehead atoms. The summed E-state index contributed by atoms with van der Waals surface area (Å²) in [6.45, 7) is 12.8. The molecule has 258 valence electrons. The van der Waals surface area contributed by atoms with Crippen molar-refractivity contribution in [1.29, 1.82) is 0 Å². The van der Waals surface area contributed by atoms with Gasteiger partial charge in [0.25, 0.3) is 5.91 Å². The van der Waals surface area contributed by atoms with Gasteiger partial charge in [-0.25, -0.2) is 9.00 Å². The van der Waals surface area contributed by atoms with E-state index in [1.807, 2.05) is 56.0 Å². The Hall–Kier alpha value is -3.08. The number of fused-ring (bicyclic) bond motifs is 1. The Balaban J connectivity index is 1.79. The van der Waals surface area contributed by atoms with Crippen LogP contribution in [0.3, 0.4) is 0 Å².